The number of ether oxygens (including phenoxy) is 2. The van der Waals surface area contributed by atoms with Crippen LogP contribution in [-0.2, 0) is 19.1 Å². The molecule has 32 heavy (non-hydrogen) atoms. The van der Waals surface area contributed by atoms with Gasteiger partial charge in [0.05, 0.1) is 42.6 Å². The molecule has 2 aliphatic rings. The largest absolute Gasteiger partial charge is 0.469 e. The number of para-hydroxylation sites is 1. The zero-order valence-electron chi connectivity index (χ0n) is 17.1. The summed E-state index contributed by atoms with van der Waals surface area (Å²) in [5.41, 5.74) is 3.92. The van der Waals surface area contributed by atoms with E-state index in [0.717, 1.165) is 5.56 Å². The van der Waals surface area contributed by atoms with Crippen molar-refractivity contribution in [2.45, 2.75) is 12.3 Å². The van der Waals surface area contributed by atoms with Gasteiger partial charge in [-0.3, -0.25) is 19.5 Å². The minimum absolute atomic E-state index is 0.0350. The van der Waals surface area contributed by atoms with Gasteiger partial charge in [0, 0.05) is 11.8 Å². The zero-order valence-corrected chi connectivity index (χ0v) is 17.1. The molecule has 2 aliphatic heterocycles. The van der Waals surface area contributed by atoms with Gasteiger partial charge in [-0.15, -0.1) is 0 Å². The number of benzene rings is 2. The Labute approximate surface area is 183 Å². The molecule has 0 bridgehead atoms. The Bertz CT molecular complexity index is 1300. The molecule has 3 aromatic rings. The second kappa shape index (κ2) is 7.77. The van der Waals surface area contributed by atoms with Crippen molar-refractivity contribution in [3.8, 4) is 0 Å². The molecule has 0 saturated heterocycles. The fraction of sp³-hybridized carbons (Fsp3) is 0.120. The highest BCUT2D eigenvalue weighted by atomic mass is 16.5. The number of nitrogens with zero attached hydrogens (tertiary/aromatic N) is 2. The smallest absolute Gasteiger partial charge is 0.344 e. The summed E-state index contributed by atoms with van der Waals surface area (Å²) < 4.78 is 10.2. The normalized spacial score (nSPS) is 17.8. The third-order valence-corrected chi connectivity index (χ3v) is 5.59. The molecule has 7 nitrogen and oxygen atoms in total. The van der Waals surface area contributed by atoms with Crippen LogP contribution in [0.3, 0.4) is 0 Å². The number of pyridine rings is 1. The van der Waals surface area contributed by atoms with Crippen molar-refractivity contribution in [3.63, 3.8) is 0 Å². The first-order valence-electron chi connectivity index (χ1n) is 10.0. The first-order chi connectivity index (χ1) is 15.6. The van der Waals surface area contributed by atoms with Crippen molar-refractivity contribution in [3.05, 3.63) is 89.2 Å². The molecule has 1 atom stereocenters. The number of anilines is 2. The van der Waals surface area contributed by atoms with Gasteiger partial charge >= 0.3 is 11.9 Å². The van der Waals surface area contributed by atoms with Crippen LogP contribution in [0.4, 0.5) is 11.4 Å². The highest BCUT2D eigenvalue weighted by molar-refractivity contribution is 6.11. The second-order valence-electron chi connectivity index (χ2n) is 7.49. The molecule has 0 saturated carbocycles. The molecule has 0 radical (unpaired) electrons. The molecule has 2 aromatic carbocycles. The number of esters is 2. The lowest BCUT2D eigenvalue weighted by Gasteiger charge is -2.18. The van der Waals surface area contributed by atoms with E-state index in [9.17, 15) is 14.4 Å². The summed E-state index contributed by atoms with van der Waals surface area (Å²) in [5.74, 6) is -1.26. The molecule has 0 aliphatic carbocycles. The van der Waals surface area contributed by atoms with Gasteiger partial charge in [0.15, 0.2) is 0 Å². The maximum atomic E-state index is 13.3. The summed E-state index contributed by atoms with van der Waals surface area (Å²) in [6.45, 7) is 0. The first kappa shape index (κ1) is 19.7. The Hall–Kier alpha value is -4.26. The Kier molecular flexibility index (Phi) is 4.78. The van der Waals surface area contributed by atoms with E-state index in [-0.39, 0.29) is 12.3 Å². The summed E-state index contributed by atoms with van der Waals surface area (Å²) in [4.78, 5) is 43.1. The molecule has 1 aromatic heterocycles. The number of methoxy groups -OCH3 is 1. The van der Waals surface area contributed by atoms with Crippen molar-refractivity contribution < 1.29 is 23.9 Å². The number of aromatic nitrogens is 1. The maximum Gasteiger partial charge on any atom is 0.344 e. The number of fused-ring (bicyclic) bond motifs is 2. The lowest BCUT2D eigenvalue weighted by molar-refractivity contribution is -0.142. The molecule has 5 rings (SSSR count). The van der Waals surface area contributed by atoms with Gasteiger partial charge in [-0.25, -0.2) is 4.79 Å². The Morgan fingerprint density at radius 3 is 2.66 bits per heavy atom. The van der Waals surface area contributed by atoms with Crippen molar-refractivity contribution in [1.82, 2.24) is 4.98 Å². The SMILES string of the molecule is COC(=O)CC1C(=O)N(c2cncc(/C=C3\OC(=O)c4ccccc43)c2)c2ccccc21. The third kappa shape index (κ3) is 3.24. The van der Waals surface area contributed by atoms with Crippen LogP contribution in [0.5, 0.6) is 0 Å². The van der Waals surface area contributed by atoms with E-state index in [0.29, 0.717) is 33.8 Å². The number of hydrogen-bond acceptors (Lipinski definition) is 6. The third-order valence-electron chi connectivity index (χ3n) is 5.59. The molecule has 7 heteroatoms. The van der Waals surface area contributed by atoms with E-state index in [1.807, 2.05) is 36.4 Å². The number of hydrogen-bond donors (Lipinski definition) is 0. The van der Waals surface area contributed by atoms with Gasteiger partial charge in [0.2, 0.25) is 5.91 Å². The molecule has 0 N–H and O–H groups in total. The standard InChI is InChI=1S/C25H18N2O5/c1-31-23(28)12-20-17-6-4-5-9-21(17)27(24(20)29)16-10-15(13-26-14-16)11-22-18-7-2-3-8-19(18)25(30)32-22/h2-11,13-14,20H,12H2,1H3/b22-11-. The highest BCUT2D eigenvalue weighted by Gasteiger charge is 2.39. The van der Waals surface area contributed by atoms with Crippen LogP contribution in [0.25, 0.3) is 11.8 Å². The van der Waals surface area contributed by atoms with E-state index in [2.05, 4.69) is 4.98 Å². The van der Waals surface area contributed by atoms with Crippen LogP contribution in [0.15, 0.2) is 67.0 Å². The summed E-state index contributed by atoms with van der Waals surface area (Å²) in [7, 11) is 1.31. The molecule has 0 fully saturated rings. The van der Waals surface area contributed by atoms with Crippen LogP contribution in [0, 0.1) is 0 Å². The first-order valence-corrected chi connectivity index (χ1v) is 10.0. The predicted molar refractivity (Wildman–Crippen MR) is 117 cm³/mol. The molecular weight excluding hydrogens is 408 g/mol. The molecular formula is C25H18N2O5. The highest BCUT2D eigenvalue weighted by Crippen LogP contribution is 2.43. The summed E-state index contributed by atoms with van der Waals surface area (Å²) in [5, 5.41) is 0. The van der Waals surface area contributed by atoms with Crippen LogP contribution in [0.1, 0.15) is 39.4 Å². The summed E-state index contributed by atoms with van der Waals surface area (Å²) in [6, 6.07) is 16.3. The molecule has 158 valence electrons. The summed E-state index contributed by atoms with van der Waals surface area (Å²) in [6.07, 6.45) is 4.90. The van der Waals surface area contributed by atoms with Crippen molar-refractivity contribution in [1.29, 1.82) is 0 Å². The Morgan fingerprint density at radius 2 is 1.84 bits per heavy atom. The van der Waals surface area contributed by atoms with E-state index in [1.54, 1.807) is 41.6 Å². The van der Waals surface area contributed by atoms with E-state index >= 15 is 0 Å². The number of cyclic esters (lactones) is 1. The van der Waals surface area contributed by atoms with Crippen LogP contribution in [0.2, 0.25) is 0 Å². The Balaban J connectivity index is 1.52. The topological polar surface area (TPSA) is 85.8 Å². The zero-order chi connectivity index (χ0) is 22.2. The van der Waals surface area contributed by atoms with Crippen molar-refractivity contribution >= 4 is 41.1 Å². The molecule has 1 unspecified atom stereocenters. The van der Waals surface area contributed by atoms with Gasteiger partial charge < -0.3 is 9.47 Å². The number of carbonyl (C=O) groups is 3. The fourth-order valence-electron chi connectivity index (χ4n) is 4.10. The number of rotatable bonds is 4. The maximum absolute atomic E-state index is 13.3. The minimum Gasteiger partial charge on any atom is -0.469 e. The van der Waals surface area contributed by atoms with E-state index in [4.69, 9.17) is 9.47 Å². The second-order valence-corrected chi connectivity index (χ2v) is 7.49. The lowest BCUT2D eigenvalue weighted by atomic mass is 9.97. The van der Waals surface area contributed by atoms with Gasteiger partial charge in [0.25, 0.3) is 0 Å². The molecule has 1 amide bonds. The van der Waals surface area contributed by atoms with Crippen molar-refractivity contribution in [2.75, 3.05) is 12.0 Å². The molecule has 0 spiro atoms. The number of carbonyl (C=O) groups excluding carboxylic acids is 3. The monoisotopic (exact) mass is 426 g/mol. The number of amides is 1. The quantitative estimate of drug-likeness (QED) is 0.585. The average molecular weight is 426 g/mol. The average Bonchev–Trinajstić information content (AvgIpc) is 3.28. The van der Waals surface area contributed by atoms with Crippen LogP contribution < -0.4 is 4.90 Å². The predicted octanol–water partition coefficient (Wildman–Crippen LogP) is 4.08. The van der Waals surface area contributed by atoms with Gasteiger partial charge in [-0.1, -0.05) is 36.4 Å². The van der Waals surface area contributed by atoms with Crippen LogP contribution in [-0.4, -0.2) is 29.9 Å². The summed E-state index contributed by atoms with van der Waals surface area (Å²) >= 11 is 0. The molecule has 3 heterocycles. The minimum atomic E-state index is -0.622. The fourth-order valence-corrected chi connectivity index (χ4v) is 4.10. The van der Waals surface area contributed by atoms with Gasteiger partial charge in [-0.05, 0) is 35.4 Å². The van der Waals surface area contributed by atoms with Gasteiger partial charge in [0.1, 0.15) is 5.76 Å². The van der Waals surface area contributed by atoms with Crippen LogP contribution >= 0.6 is 0 Å². The van der Waals surface area contributed by atoms with Crippen molar-refractivity contribution in [2.24, 2.45) is 0 Å². The van der Waals surface area contributed by atoms with Gasteiger partial charge in [-0.2, -0.15) is 0 Å². The van der Waals surface area contributed by atoms with E-state index in [1.165, 1.54) is 7.11 Å². The Morgan fingerprint density at radius 1 is 1.09 bits per heavy atom. The van der Waals surface area contributed by atoms with E-state index < -0.39 is 17.9 Å². The lowest BCUT2D eigenvalue weighted by Crippen LogP contribution is -2.25.